The minimum absolute atomic E-state index is 0.0385. The molecular formula is C21H20N6O3. The lowest BCUT2D eigenvalue weighted by Gasteiger charge is -2.11. The Hall–Kier alpha value is -4.14. The zero-order valence-corrected chi connectivity index (χ0v) is 16.2. The molecule has 2 heterocycles. The molecule has 0 aliphatic heterocycles. The number of fused-ring (bicyclic) bond motifs is 2. The van der Waals surface area contributed by atoms with Gasteiger partial charge in [0.2, 0.25) is 5.91 Å². The molecule has 0 radical (unpaired) electrons. The first kappa shape index (κ1) is 19.2. The van der Waals surface area contributed by atoms with Gasteiger partial charge in [0, 0.05) is 46.3 Å². The molecule has 5 N–H and O–H groups in total. The summed E-state index contributed by atoms with van der Waals surface area (Å²) >= 11 is 0. The zero-order chi connectivity index (χ0) is 21.1. The molecule has 0 fully saturated rings. The zero-order valence-electron chi connectivity index (χ0n) is 16.2. The van der Waals surface area contributed by atoms with Crippen LogP contribution in [0.1, 0.15) is 12.1 Å². The average Bonchev–Trinajstić information content (AvgIpc) is 3.07. The Labute approximate surface area is 171 Å². The molecule has 152 valence electrons. The quantitative estimate of drug-likeness (QED) is 0.332. The maximum atomic E-state index is 12.0. The molecule has 9 heteroatoms. The van der Waals surface area contributed by atoms with E-state index in [0.29, 0.717) is 11.5 Å². The first-order chi connectivity index (χ1) is 14.5. The van der Waals surface area contributed by atoms with Crippen molar-refractivity contribution in [3.05, 3.63) is 54.5 Å². The topological polar surface area (TPSA) is 132 Å². The number of rotatable bonds is 6. The van der Waals surface area contributed by atoms with Crippen molar-refractivity contribution in [2.24, 2.45) is 0 Å². The van der Waals surface area contributed by atoms with Gasteiger partial charge < -0.3 is 26.0 Å². The Morgan fingerprint density at radius 1 is 1.07 bits per heavy atom. The number of hydrogen-bond acceptors (Lipinski definition) is 5. The Morgan fingerprint density at radius 2 is 1.90 bits per heavy atom. The van der Waals surface area contributed by atoms with Crippen molar-refractivity contribution >= 4 is 51.0 Å². The standard InChI is InChI=1S/C21H20N6O3/c1-12-8-13-9-14(2-4-17(13)25-12)27-20-16-10-15(3-5-18(16)23-11-24-20)26-19(28)6-7-22-21(29)30/h2-5,8-11,22,25H,6-7H2,1H3,(H,26,28)(H,29,30)(H,23,24,27). The molecule has 2 aromatic carbocycles. The number of amides is 2. The molecule has 0 saturated heterocycles. The smallest absolute Gasteiger partial charge is 0.404 e. The summed E-state index contributed by atoms with van der Waals surface area (Å²) < 4.78 is 0. The summed E-state index contributed by atoms with van der Waals surface area (Å²) in [6.45, 7) is 2.06. The molecule has 0 aliphatic rings. The Balaban J connectivity index is 1.56. The van der Waals surface area contributed by atoms with Gasteiger partial charge in [-0.05, 0) is 49.4 Å². The number of hydrogen-bond donors (Lipinski definition) is 5. The number of nitrogens with zero attached hydrogens (tertiary/aromatic N) is 2. The second kappa shape index (κ2) is 8.08. The normalized spacial score (nSPS) is 10.8. The Kier molecular flexibility index (Phi) is 5.17. The highest BCUT2D eigenvalue weighted by Gasteiger charge is 2.09. The first-order valence-corrected chi connectivity index (χ1v) is 9.36. The third-order valence-corrected chi connectivity index (χ3v) is 4.57. The number of carbonyl (C=O) groups excluding carboxylic acids is 1. The number of anilines is 3. The third-order valence-electron chi connectivity index (χ3n) is 4.57. The number of carboxylic acid groups (broad SMARTS) is 1. The summed E-state index contributed by atoms with van der Waals surface area (Å²) in [5.74, 6) is 0.331. The van der Waals surface area contributed by atoms with Gasteiger partial charge in [-0.2, -0.15) is 0 Å². The summed E-state index contributed by atoms with van der Waals surface area (Å²) in [7, 11) is 0. The number of aromatic amines is 1. The van der Waals surface area contributed by atoms with Crippen LogP contribution in [0.15, 0.2) is 48.8 Å². The molecule has 4 aromatic rings. The van der Waals surface area contributed by atoms with E-state index < -0.39 is 6.09 Å². The number of benzene rings is 2. The van der Waals surface area contributed by atoms with Crippen molar-refractivity contribution in [2.75, 3.05) is 17.2 Å². The van der Waals surface area contributed by atoms with Crippen LogP contribution in [0, 0.1) is 6.92 Å². The van der Waals surface area contributed by atoms with E-state index in [0.717, 1.165) is 33.2 Å². The number of carbonyl (C=O) groups is 2. The van der Waals surface area contributed by atoms with E-state index in [1.807, 2.05) is 25.1 Å². The molecule has 30 heavy (non-hydrogen) atoms. The first-order valence-electron chi connectivity index (χ1n) is 9.36. The van der Waals surface area contributed by atoms with Gasteiger partial charge in [0.1, 0.15) is 12.1 Å². The van der Waals surface area contributed by atoms with Gasteiger partial charge in [-0.1, -0.05) is 0 Å². The van der Waals surface area contributed by atoms with E-state index in [1.54, 1.807) is 18.2 Å². The van der Waals surface area contributed by atoms with Crippen LogP contribution < -0.4 is 16.0 Å². The van der Waals surface area contributed by atoms with Crippen molar-refractivity contribution in [2.45, 2.75) is 13.3 Å². The summed E-state index contributed by atoms with van der Waals surface area (Å²) in [6.07, 6.45) is 0.366. The van der Waals surface area contributed by atoms with Crippen molar-refractivity contribution < 1.29 is 14.7 Å². The van der Waals surface area contributed by atoms with Crippen molar-refractivity contribution in [3.8, 4) is 0 Å². The van der Waals surface area contributed by atoms with Crippen LogP contribution in [0.3, 0.4) is 0 Å². The van der Waals surface area contributed by atoms with E-state index in [9.17, 15) is 9.59 Å². The van der Waals surface area contributed by atoms with E-state index in [1.165, 1.54) is 6.33 Å². The fourth-order valence-corrected chi connectivity index (χ4v) is 3.23. The van der Waals surface area contributed by atoms with Crippen molar-refractivity contribution in [1.29, 1.82) is 0 Å². The van der Waals surface area contributed by atoms with Gasteiger partial charge in [0.15, 0.2) is 0 Å². The maximum Gasteiger partial charge on any atom is 0.404 e. The van der Waals surface area contributed by atoms with E-state index in [2.05, 4.69) is 37.0 Å². The number of aromatic nitrogens is 3. The molecule has 2 amide bonds. The molecule has 0 saturated carbocycles. The average molecular weight is 404 g/mol. The predicted molar refractivity (Wildman–Crippen MR) is 115 cm³/mol. The highest BCUT2D eigenvalue weighted by molar-refractivity contribution is 5.97. The third kappa shape index (κ3) is 4.30. The summed E-state index contributed by atoms with van der Waals surface area (Å²) in [4.78, 5) is 34.5. The van der Waals surface area contributed by atoms with Crippen LogP contribution in [0.25, 0.3) is 21.8 Å². The van der Waals surface area contributed by atoms with Crippen LogP contribution in [-0.4, -0.2) is 38.6 Å². The van der Waals surface area contributed by atoms with Crippen molar-refractivity contribution in [1.82, 2.24) is 20.3 Å². The Bertz CT molecular complexity index is 1250. The van der Waals surface area contributed by atoms with Gasteiger partial charge in [-0.3, -0.25) is 4.79 Å². The van der Waals surface area contributed by atoms with Crippen LogP contribution in [-0.2, 0) is 4.79 Å². The van der Waals surface area contributed by atoms with Crippen LogP contribution in [0.2, 0.25) is 0 Å². The molecule has 0 unspecified atom stereocenters. The molecular weight excluding hydrogens is 384 g/mol. The summed E-state index contributed by atoms with van der Waals surface area (Å²) in [5, 5.41) is 18.7. The van der Waals surface area contributed by atoms with Gasteiger partial charge in [0.05, 0.1) is 5.52 Å². The monoisotopic (exact) mass is 404 g/mol. The molecule has 0 aliphatic carbocycles. The molecule has 4 rings (SSSR count). The summed E-state index contributed by atoms with van der Waals surface area (Å²) in [6, 6.07) is 13.4. The van der Waals surface area contributed by atoms with Gasteiger partial charge in [0.25, 0.3) is 0 Å². The predicted octanol–water partition coefficient (Wildman–Crippen LogP) is 3.76. The van der Waals surface area contributed by atoms with Crippen LogP contribution in [0.5, 0.6) is 0 Å². The second-order valence-electron chi connectivity index (χ2n) is 6.86. The number of nitrogens with one attached hydrogen (secondary N) is 4. The van der Waals surface area contributed by atoms with E-state index >= 15 is 0 Å². The molecule has 0 bridgehead atoms. The van der Waals surface area contributed by atoms with Gasteiger partial charge >= 0.3 is 6.09 Å². The van der Waals surface area contributed by atoms with E-state index in [-0.39, 0.29) is 18.9 Å². The molecule has 0 atom stereocenters. The van der Waals surface area contributed by atoms with Crippen LogP contribution >= 0.6 is 0 Å². The lowest BCUT2D eigenvalue weighted by atomic mass is 10.2. The number of aryl methyl sites for hydroxylation is 1. The highest BCUT2D eigenvalue weighted by atomic mass is 16.4. The van der Waals surface area contributed by atoms with Crippen LogP contribution in [0.4, 0.5) is 22.0 Å². The lowest BCUT2D eigenvalue weighted by molar-refractivity contribution is -0.116. The second-order valence-corrected chi connectivity index (χ2v) is 6.86. The van der Waals surface area contributed by atoms with E-state index in [4.69, 9.17) is 5.11 Å². The van der Waals surface area contributed by atoms with Crippen molar-refractivity contribution in [3.63, 3.8) is 0 Å². The van der Waals surface area contributed by atoms with Gasteiger partial charge in [-0.25, -0.2) is 14.8 Å². The molecule has 2 aromatic heterocycles. The Morgan fingerprint density at radius 3 is 2.73 bits per heavy atom. The molecule has 0 spiro atoms. The lowest BCUT2D eigenvalue weighted by Crippen LogP contribution is -2.25. The molecule has 9 nitrogen and oxygen atoms in total. The maximum absolute atomic E-state index is 12.0. The largest absolute Gasteiger partial charge is 0.465 e. The number of H-pyrrole nitrogens is 1. The SMILES string of the molecule is Cc1cc2cc(Nc3ncnc4ccc(NC(=O)CCNC(=O)O)cc34)ccc2[nH]1. The summed E-state index contributed by atoms with van der Waals surface area (Å²) in [5.41, 5.74) is 4.35. The fourth-order valence-electron chi connectivity index (χ4n) is 3.23. The highest BCUT2D eigenvalue weighted by Crippen LogP contribution is 2.27. The fraction of sp³-hybridized carbons (Fsp3) is 0.143. The minimum Gasteiger partial charge on any atom is -0.465 e. The minimum atomic E-state index is -1.16. The van der Waals surface area contributed by atoms with Gasteiger partial charge in [-0.15, -0.1) is 0 Å².